The molecule has 0 bridgehead atoms. The minimum Gasteiger partial charge on any atom is -0.494 e. The topological polar surface area (TPSA) is 132 Å². The monoisotopic (exact) mass is 615 g/mol. The van der Waals surface area contributed by atoms with Crippen LogP contribution in [0.5, 0.6) is 17.2 Å². The number of benzene rings is 4. The van der Waals surface area contributed by atoms with Gasteiger partial charge in [-0.15, -0.1) is 0 Å². The van der Waals surface area contributed by atoms with E-state index in [1.165, 1.54) is 49.7 Å². The molecule has 0 aliphatic carbocycles. The molecule has 0 heterocycles. The maximum Gasteiger partial charge on any atom is 0.343 e. The average Bonchev–Trinajstić information content (AvgIpc) is 3.02. The number of amides is 1. The van der Waals surface area contributed by atoms with Gasteiger partial charge in [0.05, 0.1) is 30.4 Å². The molecule has 1 amide bonds. The van der Waals surface area contributed by atoms with E-state index in [4.69, 9.17) is 14.2 Å². The zero-order chi connectivity index (χ0) is 31.5. The number of nitrogens with zero attached hydrogens (tertiary/aromatic N) is 1. The second-order valence-electron chi connectivity index (χ2n) is 9.72. The third-order valence-electron chi connectivity index (χ3n) is 6.36. The summed E-state index contributed by atoms with van der Waals surface area (Å²) in [5, 5.41) is 3.98. The Hall–Kier alpha value is -5.16. The van der Waals surface area contributed by atoms with Gasteiger partial charge >= 0.3 is 5.97 Å². The molecule has 0 aromatic heterocycles. The molecule has 0 saturated carbocycles. The summed E-state index contributed by atoms with van der Waals surface area (Å²) in [6.45, 7) is 4.57. The molecule has 0 spiro atoms. The van der Waals surface area contributed by atoms with Crippen LogP contribution in [0.15, 0.2) is 101 Å². The van der Waals surface area contributed by atoms with Crippen LogP contribution in [0.2, 0.25) is 0 Å². The number of esters is 1. The molecule has 0 unspecified atom stereocenters. The van der Waals surface area contributed by atoms with Crippen molar-refractivity contribution in [2.75, 3.05) is 18.4 Å². The standard InChI is InChI=1S/C33H33N3O7S/c1-4-5-20-42-28-15-11-26(12-16-28)33(38)43-30-19-8-24(21-31(30)41-3)22-34-35-32(37)25-9-13-27(14-10-25)36-44(39,40)29-17-6-23(2)7-18-29/h6-19,21-22,36H,4-5,20H2,1-3H3,(H,35,37). The molecule has 44 heavy (non-hydrogen) atoms. The number of ether oxygens (including phenoxy) is 3. The van der Waals surface area contributed by atoms with Gasteiger partial charge in [-0.3, -0.25) is 9.52 Å². The molecular formula is C33H33N3O7S. The van der Waals surface area contributed by atoms with Crippen LogP contribution in [0.4, 0.5) is 5.69 Å². The number of hydrogen-bond acceptors (Lipinski definition) is 8. The number of hydrogen-bond donors (Lipinski definition) is 2. The van der Waals surface area contributed by atoms with Crippen molar-refractivity contribution in [3.05, 3.63) is 113 Å². The number of sulfonamides is 1. The maximum atomic E-state index is 12.7. The van der Waals surface area contributed by atoms with Gasteiger partial charge in [0.1, 0.15) is 5.75 Å². The molecule has 11 heteroatoms. The van der Waals surface area contributed by atoms with Crippen molar-refractivity contribution in [2.24, 2.45) is 5.10 Å². The van der Waals surface area contributed by atoms with Gasteiger partial charge in [-0.05, 0) is 97.8 Å². The minimum atomic E-state index is -3.76. The molecule has 10 nitrogen and oxygen atoms in total. The van der Waals surface area contributed by atoms with Crippen LogP contribution >= 0.6 is 0 Å². The van der Waals surface area contributed by atoms with E-state index in [0.29, 0.717) is 34.9 Å². The smallest absolute Gasteiger partial charge is 0.343 e. The molecule has 4 aromatic rings. The van der Waals surface area contributed by atoms with Gasteiger partial charge in [0.2, 0.25) is 0 Å². The fourth-order valence-electron chi connectivity index (χ4n) is 3.88. The summed E-state index contributed by atoms with van der Waals surface area (Å²) >= 11 is 0. The van der Waals surface area contributed by atoms with E-state index < -0.39 is 21.9 Å². The van der Waals surface area contributed by atoms with Crippen molar-refractivity contribution >= 4 is 33.8 Å². The maximum absolute atomic E-state index is 12.7. The molecule has 0 saturated heterocycles. The zero-order valence-corrected chi connectivity index (χ0v) is 25.4. The number of carbonyl (C=O) groups is 2. The van der Waals surface area contributed by atoms with E-state index in [2.05, 4.69) is 22.2 Å². The van der Waals surface area contributed by atoms with Crippen molar-refractivity contribution < 1.29 is 32.2 Å². The second kappa shape index (κ2) is 14.8. The molecule has 228 valence electrons. The fraction of sp³-hybridized carbons (Fsp3) is 0.182. The summed E-state index contributed by atoms with van der Waals surface area (Å²) in [5.41, 5.74) is 4.91. The first-order valence-corrected chi connectivity index (χ1v) is 15.3. The average molecular weight is 616 g/mol. The molecule has 0 atom stereocenters. The third-order valence-corrected chi connectivity index (χ3v) is 7.75. The number of methoxy groups -OCH3 is 1. The van der Waals surface area contributed by atoms with Gasteiger partial charge in [-0.2, -0.15) is 5.10 Å². The molecule has 0 fully saturated rings. The van der Waals surface area contributed by atoms with Crippen molar-refractivity contribution in [2.45, 2.75) is 31.6 Å². The lowest BCUT2D eigenvalue weighted by molar-refractivity contribution is 0.0729. The van der Waals surface area contributed by atoms with E-state index in [9.17, 15) is 18.0 Å². The Kier molecular flexibility index (Phi) is 10.7. The molecule has 4 aromatic carbocycles. The SMILES string of the molecule is CCCCOc1ccc(C(=O)Oc2ccc(C=NNC(=O)c3ccc(NS(=O)(=O)c4ccc(C)cc4)cc3)cc2OC)cc1. The van der Waals surface area contributed by atoms with Gasteiger partial charge in [0, 0.05) is 11.3 Å². The van der Waals surface area contributed by atoms with Crippen molar-refractivity contribution in [3.8, 4) is 17.2 Å². The molecule has 0 aliphatic heterocycles. The molecular weight excluding hydrogens is 582 g/mol. The first kappa shape index (κ1) is 31.8. The summed E-state index contributed by atoms with van der Waals surface area (Å²) in [4.78, 5) is 25.4. The Morgan fingerprint density at radius 1 is 0.864 bits per heavy atom. The Morgan fingerprint density at radius 3 is 2.20 bits per heavy atom. The van der Waals surface area contributed by atoms with Gasteiger partial charge in [-0.1, -0.05) is 31.0 Å². The Morgan fingerprint density at radius 2 is 1.55 bits per heavy atom. The number of hydrazone groups is 1. The van der Waals surface area contributed by atoms with Crippen molar-refractivity contribution in [1.82, 2.24) is 5.43 Å². The number of nitrogens with one attached hydrogen (secondary N) is 2. The van der Waals surface area contributed by atoms with Crippen LogP contribution in [0.3, 0.4) is 0 Å². The number of anilines is 1. The van der Waals surface area contributed by atoms with Gasteiger partial charge in [0.25, 0.3) is 15.9 Å². The summed E-state index contributed by atoms with van der Waals surface area (Å²) in [6, 6.07) is 24.0. The quantitative estimate of drug-likeness (QED) is 0.0623. The summed E-state index contributed by atoms with van der Waals surface area (Å²) in [6.07, 6.45) is 3.40. The van der Waals surface area contributed by atoms with Crippen LogP contribution in [-0.2, 0) is 10.0 Å². The number of aryl methyl sites for hydroxylation is 1. The Balaban J connectivity index is 1.32. The van der Waals surface area contributed by atoms with Gasteiger partial charge < -0.3 is 14.2 Å². The number of unbranched alkanes of at least 4 members (excludes halogenated alkanes) is 1. The highest BCUT2D eigenvalue weighted by atomic mass is 32.2. The van der Waals surface area contributed by atoms with Crippen LogP contribution in [0.1, 0.15) is 51.6 Å². The number of carbonyl (C=O) groups excluding carboxylic acids is 2. The van der Waals surface area contributed by atoms with E-state index in [0.717, 1.165) is 18.4 Å². The highest BCUT2D eigenvalue weighted by Gasteiger charge is 2.15. The first-order valence-electron chi connectivity index (χ1n) is 13.8. The fourth-order valence-corrected chi connectivity index (χ4v) is 4.94. The lowest BCUT2D eigenvalue weighted by Crippen LogP contribution is -2.18. The molecule has 2 N–H and O–H groups in total. The lowest BCUT2D eigenvalue weighted by Gasteiger charge is -2.10. The normalized spacial score (nSPS) is 11.2. The zero-order valence-electron chi connectivity index (χ0n) is 24.6. The predicted molar refractivity (Wildman–Crippen MR) is 168 cm³/mol. The van der Waals surface area contributed by atoms with Crippen molar-refractivity contribution in [3.63, 3.8) is 0 Å². The van der Waals surface area contributed by atoms with Crippen LogP contribution in [0, 0.1) is 6.92 Å². The van der Waals surface area contributed by atoms with E-state index >= 15 is 0 Å². The van der Waals surface area contributed by atoms with Crippen LogP contribution in [0.25, 0.3) is 0 Å². The van der Waals surface area contributed by atoms with E-state index in [1.807, 2.05) is 6.92 Å². The van der Waals surface area contributed by atoms with Crippen LogP contribution < -0.4 is 24.4 Å². The Bertz CT molecular complexity index is 1720. The first-order chi connectivity index (χ1) is 21.2. The van der Waals surface area contributed by atoms with Gasteiger partial charge in [-0.25, -0.2) is 18.6 Å². The predicted octanol–water partition coefficient (Wildman–Crippen LogP) is 5.97. The third kappa shape index (κ3) is 8.68. The van der Waals surface area contributed by atoms with E-state index in [1.54, 1.807) is 54.6 Å². The lowest BCUT2D eigenvalue weighted by atomic mass is 10.2. The summed E-state index contributed by atoms with van der Waals surface area (Å²) < 4.78 is 44.2. The molecule has 4 rings (SSSR count). The minimum absolute atomic E-state index is 0.139. The molecule has 0 aliphatic rings. The summed E-state index contributed by atoms with van der Waals surface area (Å²) in [5.74, 6) is 0.165. The van der Waals surface area contributed by atoms with Crippen molar-refractivity contribution in [1.29, 1.82) is 0 Å². The molecule has 0 radical (unpaired) electrons. The second-order valence-corrected chi connectivity index (χ2v) is 11.4. The number of rotatable bonds is 13. The van der Waals surface area contributed by atoms with Gasteiger partial charge in [0.15, 0.2) is 11.5 Å². The highest BCUT2D eigenvalue weighted by molar-refractivity contribution is 7.92. The highest BCUT2D eigenvalue weighted by Crippen LogP contribution is 2.28. The Labute approximate surface area is 256 Å². The largest absolute Gasteiger partial charge is 0.494 e. The van der Waals surface area contributed by atoms with E-state index in [-0.39, 0.29) is 16.2 Å². The summed E-state index contributed by atoms with van der Waals surface area (Å²) in [7, 11) is -2.31. The van der Waals surface area contributed by atoms with Crippen LogP contribution in [-0.4, -0.2) is 40.2 Å².